The second-order valence-electron chi connectivity index (χ2n) is 8.37. The maximum Gasteiger partial charge on any atom is 0.255 e. The van der Waals surface area contributed by atoms with Crippen LogP contribution in [0.2, 0.25) is 10.0 Å². The van der Waals surface area contributed by atoms with E-state index < -0.39 is 11.5 Å². The number of nitrogens with one attached hydrogen (secondary N) is 2. The number of pyridine rings is 2. The molecule has 0 radical (unpaired) electrons. The van der Waals surface area contributed by atoms with Crippen LogP contribution >= 0.6 is 23.2 Å². The molecule has 1 atom stereocenters. The number of amides is 1. The Morgan fingerprint density at radius 3 is 2.60 bits per heavy atom. The predicted octanol–water partition coefficient (Wildman–Crippen LogP) is 5.54. The molecule has 1 unspecified atom stereocenters. The molecule has 3 aromatic rings. The molecular weight excluding hydrogens is 491 g/mol. The van der Waals surface area contributed by atoms with Crippen molar-refractivity contribution in [3.05, 3.63) is 82.4 Å². The standard InChI is InChI=1S/C25H24Cl2N4O4/c1-15(2)34-21-7-6-16(24(32)30-23-18(26)12-29-13-19(23)27)9-22(21)33-14-25(3)10-20(31-35-25)17-5-4-8-28-11-17/h4-13,15,31H,14H2,1-3H3,(H,29,30,32). The molecular formula is C25H24Cl2N4O4. The summed E-state index contributed by atoms with van der Waals surface area (Å²) in [5.74, 6) is 0.485. The lowest BCUT2D eigenvalue weighted by molar-refractivity contribution is -0.0477. The van der Waals surface area contributed by atoms with Gasteiger partial charge in [0.15, 0.2) is 11.5 Å². The molecule has 0 bridgehead atoms. The first kappa shape index (κ1) is 24.8. The Morgan fingerprint density at radius 2 is 1.91 bits per heavy atom. The van der Waals surface area contributed by atoms with Gasteiger partial charge < -0.3 is 14.8 Å². The first-order valence-electron chi connectivity index (χ1n) is 10.9. The van der Waals surface area contributed by atoms with Gasteiger partial charge in [-0.1, -0.05) is 23.2 Å². The molecule has 8 nitrogen and oxygen atoms in total. The van der Waals surface area contributed by atoms with Crippen LogP contribution in [0.4, 0.5) is 5.69 Å². The van der Waals surface area contributed by atoms with Crippen LogP contribution < -0.4 is 20.3 Å². The number of halogens is 2. The quantitative estimate of drug-likeness (QED) is 0.407. The molecule has 10 heteroatoms. The minimum atomic E-state index is -0.767. The molecule has 4 rings (SSSR count). The van der Waals surface area contributed by atoms with E-state index in [2.05, 4.69) is 20.8 Å². The lowest BCUT2D eigenvalue weighted by Crippen LogP contribution is -2.33. The predicted molar refractivity (Wildman–Crippen MR) is 135 cm³/mol. The molecule has 0 aliphatic carbocycles. The van der Waals surface area contributed by atoms with Gasteiger partial charge in [-0.05, 0) is 57.2 Å². The first-order valence-corrected chi connectivity index (χ1v) is 11.6. The Labute approximate surface area is 213 Å². The fourth-order valence-electron chi connectivity index (χ4n) is 3.32. The van der Waals surface area contributed by atoms with E-state index in [0.717, 1.165) is 11.3 Å². The number of ether oxygens (including phenoxy) is 2. The van der Waals surface area contributed by atoms with Crippen LogP contribution in [0.5, 0.6) is 11.5 Å². The monoisotopic (exact) mass is 514 g/mol. The Hall–Kier alpha value is -3.33. The first-order chi connectivity index (χ1) is 16.7. The van der Waals surface area contributed by atoms with E-state index in [-0.39, 0.29) is 28.4 Å². The third kappa shape index (κ3) is 6.03. The Morgan fingerprint density at radius 1 is 1.14 bits per heavy atom. The van der Waals surface area contributed by atoms with Crippen LogP contribution in [0, 0.1) is 0 Å². The number of benzene rings is 1. The smallest absolute Gasteiger partial charge is 0.255 e. The van der Waals surface area contributed by atoms with Gasteiger partial charge in [-0.3, -0.25) is 25.1 Å². The number of rotatable bonds is 8. The van der Waals surface area contributed by atoms with Crippen LogP contribution in [-0.2, 0) is 4.84 Å². The van der Waals surface area contributed by atoms with Gasteiger partial charge >= 0.3 is 0 Å². The maximum atomic E-state index is 12.9. The van der Waals surface area contributed by atoms with Crippen molar-refractivity contribution in [2.45, 2.75) is 32.5 Å². The van der Waals surface area contributed by atoms with Crippen LogP contribution in [-0.4, -0.2) is 34.2 Å². The van der Waals surface area contributed by atoms with Crippen molar-refractivity contribution in [1.82, 2.24) is 15.4 Å². The van der Waals surface area contributed by atoms with E-state index in [0.29, 0.717) is 17.1 Å². The summed E-state index contributed by atoms with van der Waals surface area (Å²) in [5.41, 5.74) is 4.47. The zero-order valence-corrected chi connectivity index (χ0v) is 20.9. The minimum absolute atomic E-state index is 0.0940. The SMILES string of the molecule is CC(C)Oc1ccc(C(=O)Nc2c(Cl)cncc2Cl)cc1OCC1(C)C=C(c2cccnc2)NO1. The molecule has 1 amide bonds. The van der Waals surface area contributed by atoms with E-state index in [4.69, 9.17) is 37.5 Å². The number of aromatic nitrogens is 2. The van der Waals surface area contributed by atoms with Crippen molar-refractivity contribution >= 4 is 40.5 Å². The molecule has 1 aliphatic heterocycles. The largest absolute Gasteiger partial charge is 0.487 e. The molecule has 35 heavy (non-hydrogen) atoms. The molecule has 3 heterocycles. The molecule has 182 valence electrons. The maximum absolute atomic E-state index is 12.9. The summed E-state index contributed by atoms with van der Waals surface area (Å²) < 4.78 is 12.0. The molecule has 1 aromatic carbocycles. The average molecular weight is 515 g/mol. The second-order valence-corrected chi connectivity index (χ2v) is 9.18. The fraction of sp³-hybridized carbons (Fsp3) is 0.240. The molecule has 0 spiro atoms. The summed E-state index contributed by atoms with van der Waals surface area (Å²) in [7, 11) is 0. The molecule has 0 fully saturated rings. The van der Waals surface area contributed by atoms with Gasteiger partial charge in [-0.2, -0.15) is 0 Å². The van der Waals surface area contributed by atoms with Crippen LogP contribution in [0.1, 0.15) is 36.7 Å². The van der Waals surface area contributed by atoms with E-state index >= 15 is 0 Å². The Bertz CT molecular complexity index is 1230. The normalized spacial score (nSPS) is 17.0. The van der Waals surface area contributed by atoms with Gasteiger partial charge in [-0.15, -0.1) is 0 Å². The van der Waals surface area contributed by atoms with E-state index in [9.17, 15) is 4.79 Å². The number of hydrogen-bond donors (Lipinski definition) is 2. The summed E-state index contributed by atoms with van der Waals surface area (Å²) in [6.45, 7) is 5.86. The van der Waals surface area contributed by atoms with Gasteiger partial charge in [-0.25, -0.2) is 0 Å². The summed E-state index contributed by atoms with van der Waals surface area (Å²) in [6, 6.07) is 8.71. The lowest BCUT2D eigenvalue weighted by Gasteiger charge is -2.22. The highest BCUT2D eigenvalue weighted by molar-refractivity contribution is 6.39. The Kier molecular flexibility index (Phi) is 7.45. The van der Waals surface area contributed by atoms with Crippen molar-refractivity contribution in [3.8, 4) is 11.5 Å². The zero-order chi connectivity index (χ0) is 25.0. The van der Waals surface area contributed by atoms with Gasteiger partial charge in [0.25, 0.3) is 5.91 Å². The lowest BCUT2D eigenvalue weighted by atomic mass is 10.1. The molecule has 1 aliphatic rings. The highest BCUT2D eigenvalue weighted by Crippen LogP contribution is 2.34. The van der Waals surface area contributed by atoms with Gasteiger partial charge in [0.05, 0.1) is 27.5 Å². The van der Waals surface area contributed by atoms with Crippen molar-refractivity contribution in [1.29, 1.82) is 0 Å². The topological polar surface area (TPSA) is 94.6 Å². The molecule has 2 N–H and O–H groups in total. The molecule has 0 saturated heterocycles. The van der Waals surface area contributed by atoms with Crippen molar-refractivity contribution in [2.75, 3.05) is 11.9 Å². The number of nitrogens with zero attached hydrogens (tertiary/aromatic N) is 2. The third-order valence-corrected chi connectivity index (χ3v) is 5.56. The number of hydrogen-bond acceptors (Lipinski definition) is 7. The van der Waals surface area contributed by atoms with Crippen molar-refractivity contribution in [3.63, 3.8) is 0 Å². The summed E-state index contributed by atoms with van der Waals surface area (Å²) >= 11 is 12.3. The van der Waals surface area contributed by atoms with Crippen LogP contribution in [0.25, 0.3) is 5.70 Å². The fourth-order valence-corrected chi connectivity index (χ4v) is 3.78. The summed E-state index contributed by atoms with van der Waals surface area (Å²) in [6.07, 6.45) is 8.09. The van der Waals surface area contributed by atoms with E-state index in [1.165, 1.54) is 12.4 Å². The zero-order valence-electron chi connectivity index (χ0n) is 19.3. The summed E-state index contributed by atoms with van der Waals surface area (Å²) in [5, 5.41) is 3.19. The van der Waals surface area contributed by atoms with E-state index in [1.54, 1.807) is 30.6 Å². The van der Waals surface area contributed by atoms with Crippen LogP contribution in [0.15, 0.2) is 61.2 Å². The number of hydroxylamine groups is 1. The second kappa shape index (κ2) is 10.5. The number of carbonyl (C=O) groups excluding carboxylic acids is 1. The highest BCUT2D eigenvalue weighted by Gasteiger charge is 2.32. The Balaban J connectivity index is 1.54. The minimum Gasteiger partial charge on any atom is -0.487 e. The van der Waals surface area contributed by atoms with Crippen molar-refractivity contribution < 1.29 is 19.1 Å². The highest BCUT2D eigenvalue weighted by atomic mass is 35.5. The summed E-state index contributed by atoms with van der Waals surface area (Å²) in [4.78, 5) is 26.7. The van der Waals surface area contributed by atoms with Gasteiger partial charge in [0, 0.05) is 35.9 Å². The third-order valence-electron chi connectivity index (χ3n) is 4.99. The molecule has 0 saturated carbocycles. The van der Waals surface area contributed by atoms with Gasteiger partial charge in [0.2, 0.25) is 0 Å². The number of carbonyl (C=O) groups is 1. The van der Waals surface area contributed by atoms with Gasteiger partial charge in [0.1, 0.15) is 12.2 Å². The van der Waals surface area contributed by atoms with E-state index in [1.807, 2.05) is 39.0 Å². The number of anilines is 1. The average Bonchev–Trinajstić information content (AvgIpc) is 3.23. The van der Waals surface area contributed by atoms with Crippen molar-refractivity contribution in [2.24, 2.45) is 0 Å². The van der Waals surface area contributed by atoms with Crippen LogP contribution in [0.3, 0.4) is 0 Å². The molecule has 2 aromatic heterocycles.